The van der Waals surface area contributed by atoms with Gasteiger partial charge in [0, 0.05) is 0 Å². The Hall–Kier alpha value is -0.610. The second kappa shape index (κ2) is 10.2. The molecule has 0 aromatic rings. The van der Waals surface area contributed by atoms with Gasteiger partial charge >= 0.3 is 5.97 Å². The average Bonchev–Trinajstić information content (AvgIpc) is 2.42. The quantitative estimate of drug-likeness (QED) is 0.573. The van der Waals surface area contributed by atoms with Crippen molar-refractivity contribution in [2.45, 2.75) is 84.3 Å². The van der Waals surface area contributed by atoms with Crippen LogP contribution in [0.15, 0.2) is 0 Å². The lowest BCUT2D eigenvalue weighted by Crippen LogP contribution is -2.35. The number of carbonyl (C=O) groups is 1. The number of aliphatic hydroxyl groups excluding tert-OH is 1. The van der Waals surface area contributed by atoms with Crippen molar-refractivity contribution in [3.8, 4) is 0 Å². The molecule has 0 fully saturated rings. The third-order valence-electron chi connectivity index (χ3n) is 4.05. The van der Waals surface area contributed by atoms with Crippen LogP contribution in [0, 0.1) is 5.92 Å². The number of hydrogen-bond donors (Lipinski definition) is 2. The van der Waals surface area contributed by atoms with E-state index >= 15 is 0 Å². The molecule has 0 bridgehead atoms. The fraction of sp³-hybridized carbons (Fsp3) is 0.938. The van der Waals surface area contributed by atoms with Gasteiger partial charge in [-0.15, -0.1) is 0 Å². The van der Waals surface area contributed by atoms with Crippen molar-refractivity contribution in [1.82, 2.24) is 0 Å². The van der Waals surface area contributed by atoms with E-state index in [9.17, 15) is 15.0 Å². The van der Waals surface area contributed by atoms with Gasteiger partial charge in [0.2, 0.25) is 0 Å². The first-order chi connectivity index (χ1) is 9.42. The molecule has 0 radical (unpaired) electrons. The molecule has 0 aromatic carbocycles. The first-order valence-corrected chi connectivity index (χ1v) is 7.98. The van der Waals surface area contributed by atoms with Crippen LogP contribution in [0.3, 0.4) is 0 Å². The van der Waals surface area contributed by atoms with Crippen LogP contribution < -0.4 is 0 Å². The molecule has 0 saturated carbocycles. The number of hydrogen-bond acceptors (Lipinski definition) is 4. The number of aliphatic hydroxyl groups is 2. The first-order valence-electron chi connectivity index (χ1n) is 7.98. The summed E-state index contributed by atoms with van der Waals surface area (Å²) in [4.78, 5) is 11.4. The number of rotatable bonds is 11. The maximum atomic E-state index is 11.4. The summed E-state index contributed by atoms with van der Waals surface area (Å²) in [6, 6.07) is 0. The maximum absolute atomic E-state index is 11.4. The van der Waals surface area contributed by atoms with Gasteiger partial charge in [-0.3, -0.25) is 4.79 Å². The Labute approximate surface area is 123 Å². The Kier molecular flexibility index (Phi) is 9.86. The third kappa shape index (κ3) is 7.25. The molecule has 4 nitrogen and oxygen atoms in total. The van der Waals surface area contributed by atoms with E-state index in [0.29, 0.717) is 19.4 Å². The summed E-state index contributed by atoms with van der Waals surface area (Å²) in [5.74, 6) is -0.437. The second-order valence-corrected chi connectivity index (χ2v) is 5.63. The largest absolute Gasteiger partial charge is 0.466 e. The number of esters is 1. The molecule has 0 aliphatic heterocycles. The van der Waals surface area contributed by atoms with Gasteiger partial charge in [-0.1, -0.05) is 40.0 Å². The lowest BCUT2D eigenvalue weighted by Gasteiger charge is -2.33. The van der Waals surface area contributed by atoms with Crippen molar-refractivity contribution in [2.24, 2.45) is 5.92 Å². The molecule has 20 heavy (non-hydrogen) atoms. The highest BCUT2D eigenvalue weighted by Crippen LogP contribution is 2.30. The van der Waals surface area contributed by atoms with E-state index in [-0.39, 0.29) is 18.3 Å². The smallest absolute Gasteiger partial charge is 0.308 e. The monoisotopic (exact) mass is 288 g/mol. The van der Waals surface area contributed by atoms with Crippen LogP contribution >= 0.6 is 0 Å². The molecular weight excluding hydrogens is 256 g/mol. The van der Waals surface area contributed by atoms with Gasteiger partial charge < -0.3 is 14.9 Å². The zero-order valence-corrected chi connectivity index (χ0v) is 13.5. The fourth-order valence-electron chi connectivity index (χ4n) is 2.53. The molecular formula is C16H32O4. The second-order valence-electron chi connectivity index (χ2n) is 5.63. The van der Waals surface area contributed by atoms with Gasteiger partial charge in [-0.05, 0) is 32.1 Å². The summed E-state index contributed by atoms with van der Waals surface area (Å²) < 4.78 is 4.87. The number of ether oxygens (including phenoxy) is 1. The lowest BCUT2D eigenvalue weighted by molar-refractivity contribution is -0.146. The van der Waals surface area contributed by atoms with Crippen molar-refractivity contribution in [3.63, 3.8) is 0 Å². The standard InChI is InChI=1S/C16H32O4/c1-5-9-10-16(19,7-3)12-13(6-2)14(17)11-15(18)20-8-4/h13-14,17,19H,5-12H2,1-4H3/t13?,14?,16-/m1/s1. The van der Waals surface area contributed by atoms with Gasteiger partial charge in [0.1, 0.15) is 0 Å². The van der Waals surface area contributed by atoms with Crippen LogP contribution in [0.25, 0.3) is 0 Å². The Morgan fingerprint density at radius 1 is 1.25 bits per heavy atom. The number of carbonyl (C=O) groups excluding carboxylic acids is 1. The van der Waals surface area contributed by atoms with Crippen LogP contribution in [0.5, 0.6) is 0 Å². The van der Waals surface area contributed by atoms with Crippen LogP contribution in [0.1, 0.15) is 72.6 Å². The van der Waals surface area contributed by atoms with E-state index in [1.807, 2.05) is 13.8 Å². The Morgan fingerprint density at radius 3 is 2.35 bits per heavy atom. The average molecular weight is 288 g/mol. The van der Waals surface area contributed by atoms with Gasteiger partial charge in [0.05, 0.1) is 24.7 Å². The zero-order valence-electron chi connectivity index (χ0n) is 13.5. The van der Waals surface area contributed by atoms with Crippen molar-refractivity contribution >= 4 is 5.97 Å². The predicted molar refractivity (Wildman–Crippen MR) is 80.4 cm³/mol. The van der Waals surface area contributed by atoms with Gasteiger partial charge in [0.15, 0.2) is 0 Å². The molecule has 0 saturated heterocycles. The van der Waals surface area contributed by atoms with E-state index < -0.39 is 11.7 Å². The van der Waals surface area contributed by atoms with Crippen LogP contribution in [-0.4, -0.2) is 34.5 Å². The minimum absolute atomic E-state index is 0.0138. The molecule has 0 aliphatic carbocycles. The van der Waals surface area contributed by atoms with E-state index in [4.69, 9.17) is 4.74 Å². The summed E-state index contributed by atoms with van der Waals surface area (Å²) >= 11 is 0. The van der Waals surface area contributed by atoms with Gasteiger partial charge in [0.25, 0.3) is 0 Å². The summed E-state index contributed by atoms with van der Waals surface area (Å²) in [6.45, 7) is 8.14. The van der Waals surface area contributed by atoms with Crippen LogP contribution in [-0.2, 0) is 9.53 Å². The topological polar surface area (TPSA) is 66.8 Å². The van der Waals surface area contributed by atoms with Crippen molar-refractivity contribution < 1.29 is 19.7 Å². The molecule has 0 aliphatic rings. The zero-order chi connectivity index (χ0) is 15.6. The minimum Gasteiger partial charge on any atom is -0.466 e. The van der Waals surface area contributed by atoms with E-state index in [1.54, 1.807) is 6.92 Å². The molecule has 4 heteroatoms. The molecule has 120 valence electrons. The molecule has 0 amide bonds. The van der Waals surface area contributed by atoms with Gasteiger partial charge in [-0.25, -0.2) is 0 Å². The molecule has 0 heterocycles. The Morgan fingerprint density at radius 2 is 1.90 bits per heavy atom. The molecule has 0 rings (SSSR count). The van der Waals surface area contributed by atoms with Gasteiger partial charge in [-0.2, -0.15) is 0 Å². The maximum Gasteiger partial charge on any atom is 0.308 e. The van der Waals surface area contributed by atoms with Crippen molar-refractivity contribution in [3.05, 3.63) is 0 Å². The summed E-state index contributed by atoms with van der Waals surface area (Å²) in [7, 11) is 0. The van der Waals surface area contributed by atoms with Crippen LogP contribution in [0.2, 0.25) is 0 Å². The SMILES string of the molecule is CCCC[C@](O)(CC)CC(CC)C(O)CC(=O)OCC. The summed E-state index contributed by atoms with van der Waals surface area (Å²) in [5, 5.41) is 20.8. The highest BCUT2D eigenvalue weighted by atomic mass is 16.5. The first kappa shape index (κ1) is 19.4. The summed E-state index contributed by atoms with van der Waals surface area (Å²) in [5.41, 5.74) is -0.730. The van der Waals surface area contributed by atoms with Crippen molar-refractivity contribution in [2.75, 3.05) is 6.61 Å². The lowest BCUT2D eigenvalue weighted by atomic mass is 9.80. The Bertz CT molecular complexity index is 267. The number of unbranched alkanes of at least 4 members (excludes halogenated alkanes) is 1. The normalized spacial score (nSPS) is 17.3. The minimum atomic E-state index is -0.737. The third-order valence-corrected chi connectivity index (χ3v) is 4.05. The van der Waals surface area contributed by atoms with E-state index in [2.05, 4.69) is 6.92 Å². The molecule has 2 N–H and O–H groups in total. The molecule has 0 aromatic heterocycles. The molecule has 3 atom stereocenters. The van der Waals surface area contributed by atoms with Crippen LogP contribution in [0.4, 0.5) is 0 Å². The predicted octanol–water partition coefficient (Wildman–Crippen LogP) is 3.05. The summed E-state index contributed by atoms with van der Waals surface area (Å²) in [6.07, 6.45) is 4.02. The fourth-order valence-corrected chi connectivity index (χ4v) is 2.53. The molecule has 0 spiro atoms. The highest BCUT2D eigenvalue weighted by Gasteiger charge is 2.31. The van der Waals surface area contributed by atoms with E-state index in [0.717, 1.165) is 25.7 Å². The molecule has 2 unspecified atom stereocenters. The highest BCUT2D eigenvalue weighted by molar-refractivity contribution is 5.69. The Balaban J connectivity index is 4.52. The van der Waals surface area contributed by atoms with E-state index in [1.165, 1.54) is 0 Å². The van der Waals surface area contributed by atoms with Crippen molar-refractivity contribution in [1.29, 1.82) is 0 Å².